The Kier molecular flexibility index (Phi) is 4.76. The molecule has 1 atom stereocenters. The molecule has 0 saturated heterocycles. The van der Waals surface area contributed by atoms with Gasteiger partial charge in [0.25, 0.3) is 0 Å². The van der Waals surface area contributed by atoms with Crippen LogP contribution in [0, 0.1) is 0 Å². The predicted molar refractivity (Wildman–Crippen MR) is 94.9 cm³/mol. The Balaban J connectivity index is 1.75. The summed E-state index contributed by atoms with van der Waals surface area (Å²) >= 11 is -2.69. The third-order valence-corrected chi connectivity index (χ3v) is 4.57. The Morgan fingerprint density at radius 2 is 1.97 bits per heavy atom. The van der Waals surface area contributed by atoms with Crippen LogP contribution in [0.3, 0.4) is 0 Å². The molecule has 4 heterocycles. The van der Waals surface area contributed by atoms with Crippen molar-refractivity contribution in [2.45, 2.75) is 11.1 Å². The quantitative estimate of drug-likeness (QED) is 0.467. The topological polar surface area (TPSA) is 92.4 Å². The van der Waals surface area contributed by atoms with Crippen molar-refractivity contribution in [2.75, 3.05) is 0 Å². The summed E-state index contributed by atoms with van der Waals surface area (Å²) in [6.45, 7) is 0. The third-order valence-electron chi connectivity index (χ3n) is 3.90. The van der Waals surface area contributed by atoms with Crippen LogP contribution in [-0.2, 0) is 17.3 Å². The second kappa shape index (κ2) is 7.26. The highest BCUT2D eigenvalue weighted by Crippen LogP contribution is 2.32. The molecule has 4 aromatic rings. The van der Waals surface area contributed by atoms with Gasteiger partial charge in [-0.05, 0) is 35.3 Å². The van der Waals surface area contributed by atoms with Crippen molar-refractivity contribution >= 4 is 16.7 Å². The molecule has 148 valence electrons. The molecule has 0 aliphatic carbocycles. The first-order valence-electron chi connectivity index (χ1n) is 8.06. The van der Waals surface area contributed by atoms with Crippen LogP contribution in [-0.4, -0.2) is 28.1 Å². The van der Waals surface area contributed by atoms with Crippen LogP contribution in [0.2, 0.25) is 0 Å². The number of alkyl halides is 3. The molecule has 11 heteroatoms. The van der Waals surface area contributed by atoms with Crippen LogP contribution >= 0.6 is 0 Å². The normalized spacial score (nSPS) is 12.8. The first-order valence-corrected chi connectivity index (χ1v) is 9.13. The number of hydrogen-bond acceptors (Lipinski definition) is 6. The minimum absolute atomic E-state index is 0.00747. The smallest absolute Gasteiger partial charge is 0.416 e. The molecule has 4 aromatic heterocycles. The van der Waals surface area contributed by atoms with Gasteiger partial charge in [0.2, 0.25) is 5.88 Å². The van der Waals surface area contributed by atoms with Gasteiger partial charge in [0.1, 0.15) is 22.8 Å². The molecule has 0 spiro atoms. The van der Waals surface area contributed by atoms with Gasteiger partial charge in [-0.2, -0.15) is 13.2 Å². The Labute approximate surface area is 164 Å². The van der Waals surface area contributed by atoms with Gasteiger partial charge in [0.15, 0.2) is 0 Å². The highest BCUT2D eigenvalue weighted by Gasteiger charge is 2.31. The molecule has 0 N–H and O–H groups in total. The molecular weight excluding hydrogens is 409 g/mol. The van der Waals surface area contributed by atoms with Crippen LogP contribution in [0.15, 0.2) is 66.1 Å². The van der Waals surface area contributed by atoms with Crippen molar-refractivity contribution in [3.05, 3.63) is 66.7 Å². The average Bonchev–Trinajstić information content (AvgIpc) is 3.11. The number of aromatic nitrogens is 4. The first-order chi connectivity index (χ1) is 13.8. The van der Waals surface area contributed by atoms with Crippen molar-refractivity contribution in [3.63, 3.8) is 0 Å². The van der Waals surface area contributed by atoms with Gasteiger partial charge < -0.3 is 13.7 Å². The number of hydrogen-bond donors (Lipinski definition) is 0. The fourth-order valence-electron chi connectivity index (χ4n) is 2.60. The van der Waals surface area contributed by atoms with Crippen molar-refractivity contribution < 1.29 is 26.7 Å². The molecule has 0 bridgehead atoms. The van der Waals surface area contributed by atoms with E-state index in [0.717, 1.165) is 12.1 Å². The zero-order valence-electron chi connectivity index (χ0n) is 14.3. The largest absolute Gasteiger partial charge is 0.768 e. The second-order valence-electron chi connectivity index (χ2n) is 5.83. The molecule has 0 radical (unpaired) electrons. The Bertz CT molecular complexity index is 1210. The Hall–Kier alpha value is -3.31. The summed E-state index contributed by atoms with van der Waals surface area (Å²) < 4.78 is 68.9. The van der Waals surface area contributed by atoms with E-state index in [1.54, 1.807) is 18.2 Å². The maximum Gasteiger partial charge on any atom is 0.416 e. The molecule has 0 fully saturated rings. The maximum atomic E-state index is 12.9. The average molecular weight is 419 g/mol. The van der Waals surface area contributed by atoms with Gasteiger partial charge in [-0.1, -0.05) is 6.07 Å². The van der Waals surface area contributed by atoms with E-state index in [4.69, 9.17) is 4.74 Å². The van der Waals surface area contributed by atoms with E-state index in [2.05, 4.69) is 15.0 Å². The minimum atomic E-state index is -4.52. The number of pyridine rings is 3. The van der Waals surface area contributed by atoms with Crippen molar-refractivity contribution in [2.24, 2.45) is 0 Å². The zero-order chi connectivity index (χ0) is 20.6. The summed E-state index contributed by atoms with van der Waals surface area (Å²) in [4.78, 5) is 11.9. The molecule has 4 rings (SSSR count). The second-order valence-corrected chi connectivity index (χ2v) is 6.74. The lowest BCUT2D eigenvalue weighted by Gasteiger charge is -2.11. The van der Waals surface area contributed by atoms with E-state index < -0.39 is 22.8 Å². The molecule has 0 aliphatic rings. The van der Waals surface area contributed by atoms with E-state index in [9.17, 15) is 21.9 Å². The number of nitrogens with zero attached hydrogens (tertiary/aromatic N) is 4. The lowest BCUT2D eigenvalue weighted by Crippen LogP contribution is -2.05. The zero-order valence-corrected chi connectivity index (χ0v) is 15.1. The van der Waals surface area contributed by atoms with Gasteiger partial charge in [-0.3, -0.25) is 4.21 Å². The van der Waals surface area contributed by atoms with Gasteiger partial charge in [-0.25, -0.2) is 15.0 Å². The summed E-state index contributed by atoms with van der Waals surface area (Å²) in [6, 6.07) is 7.99. The number of fused-ring (bicyclic) bond motifs is 1. The molecule has 0 aliphatic heterocycles. The summed E-state index contributed by atoms with van der Waals surface area (Å²) in [5, 5.41) is 0. The van der Waals surface area contributed by atoms with Crippen molar-refractivity contribution in [1.29, 1.82) is 0 Å². The summed E-state index contributed by atoms with van der Waals surface area (Å²) in [5.74, 6) is 0.381. The van der Waals surface area contributed by atoms with Crippen LogP contribution in [0.4, 0.5) is 13.2 Å². The van der Waals surface area contributed by atoms with E-state index in [1.165, 1.54) is 35.3 Å². The first kappa shape index (κ1) is 19.0. The van der Waals surface area contributed by atoms with E-state index in [-0.39, 0.29) is 33.6 Å². The fourth-order valence-corrected chi connectivity index (χ4v) is 3.13. The Morgan fingerprint density at radius 3 is 2.66 bits per heavy atom. The van der Waals surface area contributed by atoms with E-state index in [1.807, 2.05) is 0 Å². The molecule has 7 nitrogen and oxygen atoms in total. The summed E-state index contributed by atoms with van der Waals surface area (Å²) in [6.07, 6.45) is 0.869. The molecule has 0 amide bonds. The molecule has 29 heavy (non-hydrogen) atoms. The summed E-state index contributed by atoms with van der Waals surface area (Å²) in [5.41, 5.74) is -0.758. The monoisotopic (exact) mass is 419 g/mol. The van der Waals surface area contributed by atoms with Crippen LogP contribution in [0.1, 0.15) is 5.56 Å². The molecular formula is C18H10F3N4O3S-. The number of imidazole rings is 1. The SMILES string of the molecule is O=S([O-])c1cc(Oc2ccccn2)cnc1-c1cn2ccc(C(F)(F)F)cc2n1. The van der Waals surface area contributed by atoms with Gasteiger partial charge in [0, 0.05) is 24.7 Å². The predicted octanol–water partition coefficient (Wildman–Crippen LogP) is 3.84. The van der Waals surface area contributed by atoms with E-state index >= 15 is 0 Å². The van der Waals surface area contributed by atoms with Crippen LogP contribution < -0.4 is 4.74 Å². The lowest BCUT2D eigenvalue weighted by molar-refractivity contribution is -0.137. The molecule has 0 aromatic carbocycles. The molecule has 0 saturated carbocycles. The van der Waals surface area contributed by atoms with Gasteiger partial charge in [0.05, 0.1) is 16.7 Å². The van der Waals surface area contributed by atoms with Crippen LogP contribution in [0.25, 0.3) is 17.0 Å². The highest BCUT2D eigenvalue weighted by molar-refractivity contribution is 7.79. The molecule has 1 unspecified atom stereocenters. The van der Waals surface area contributed by atoms with Crippen LogP contribution in [0.5, 0.6) is 11.6 Å². The highest BCUT2D eigenvalue weighted by atomic mass is 32.2. The maximum absolute atomic E-state index is 12.9. The number of rotatable bonds is 4. The number of ether oxygens (including phenoxy) is 1. The van der Waals surface area contributed by atoms with Gasteiger partial charge >= 0.3 is 6.18 Å². The third kappa shape index (κ3) is 3.96. The standard InChI is InChI=1S/C18H11F3N4O3S/c19-18(20,21)11-4-6-25-10-13(24-15(25)7-11)17-14(29(26)27)8-12(9-23-17)28-16-3-1-2-5-22-16/h1-10H,(H,26,27)/p-1. The van der Waals surface area contributed by atoms with E-state index in [0.29, 0.717) is 0 Å². The van der Waals surface area contributed by atoms with Crippen molar-refractivity contribution in [3.8, 4) is 23.0 Å². The minimum Gasteiger partial charge on any atom is -0.768 e. The fraction of sp³-hybridized carbons (Fsp3) is 0.0556. The Morgan fingerprint density at radius 1 is 1.14 bits per heavy atom. The summed E-state index contributed by atoms with van der Waals surface area (Å²) in [7, 11) is 0. The lowest BCUT2D eigenvalue weighted by atomic mass is 10.2. The van der Waals surface area contributed by atoms with Gasteiger partial charge in [-0.15, -0.1) is 0 Å². The van der Waals surface area contributed by atoms with Crippen molar-refractivity contribution in [1.82, 2.24) is 19.4 Å². The number of halogens is 3.